The maximum absolute atomic E-state index is 10.7. The third kappa shape index (κ3) is 2.01. The van der Waals surface area contributed by atoms with Crippen molar-refractivity contribution in [1.82, 2.24) is 4.98 Å². The lowest BCUT2D eigenvalue weighted by molar-refractivity contribution is 0.112. The van der Waals surface area contributed by atoms with Crippen LogP contribution in [0.5, 0.6) is 0 Å². The zero-order chi connectivity index (χ0) is 9.97. The Hall–Kier alpha value is -0.350. The van der Waals surface area contributed by atoms with Crippen LogP contribution in [-0.2, 0) is 0 Å². The lowest BCUT2D eigenvalue weighted by Crippen LogP contribution is -2.07. The number of thiazole rings is 1. The molecule has 14 heavy (non-hydrogen) atoms. The van der Waals surface area contributed by atoms with Gasteiger partial charge in [0.15, 0.2) is 6.29 Å². The number of hydrogen-bond acceptors (Lipinski definition) is 4. The summed E-state index contributed by atoms with van der Waals surface area (Å²) < 4.78 is 0. The van der Waals surface area contributed by atoms with Crippen LogP contribution in [0.2, 0.25) is 0 Å². The Morgan fingerprint density at radius 3 is 2.71 bits per heavy atom. The van der Waals surface area contributed by atoms with E-state index in [1.165, 1.54) is 29.4 Å². The molecule has 0 amide bonds. The largest absolute Gasteiger partial charge is 0.297 e. The van der Waals surface area contributed by atoms with Gasteiger partial charge in [-0.25, -0.2) is 4.98 Å². The summed E-state index contributed by atoms with van der Waals surface area (Å²) in [5.41, 5.74) is 0.901. The van der Waals surface area contributed by atoms with E-state index in [1.54, 1.807) is 11.3 Å². The van der Waals surface area contributed by atoms with Crippen LogP contribution in [0, 0.1) is 6.92 Å². The van der Waals surface area contributed by atoms with Crippen LogP contribution in [0.3, 0.4) is 0 Å². The predicted molar refractivity (Wildman–Crippen MR) is 61.5 cm³/mol. The highest BCUT2D eigenvalue weighted by molar-refractivity contribution is 7.99. The van der Waals surface area contributed by atoms with Crippen LogP contribution >= 0.6 is 23.1 Å². The summed E-state index contributed by atoms with van der Waals surface area (Å²) in [6.45, 7) is 1.92. The van der Waals surface area contributed by atoms with Gasteiger partial charge in [0.1, 0.15) is 0 Å². The van der Waals surface area contributed by atoms with Crippen LogP contribution in [0.25, 0.3) is 0 Å². The van der Waals surface area contributed by atoms with E-state index in [-0.39, 0.29) is 0 Å². The van der Waals surface area contributed by atoms with Crippen molar-refractivity contribution in [2.24, 2.45) is 0 Å². The van der Waals surface area contributed by atoms with Crippen molar-refractivity contribution < 1.29 is 4.79 Å². The molecule has 2 rings (SSSR count). The third-order valence-corrected chi connectivity index (χ3v) is 4.82. The number of aryl methyl sites for hydroxylation is 1. The molecule has 4 heteroatoms. The molecule has 2 nitrogen and oxygen atoms in total. The highest BCUT2D eigenvalue weighted by Crippen LogP contribution is 2.34. The first-order valence-corrected chi connectivity index (χ1v) is 6.78. The Balaban J connectivity index is 2.18. The van der Waals surface area contributed by atoms with Crippen molar-refractivity contribution in [2.75, 3.05) is 11.5 Å². The summed E-state index contributed by atoms with van der Waals surface area (Å²) in [6.07, 6.45) is 3.36. The number of hydrogen-bond donors (Lipinski definition) is 0. The normalized spacial score (nSPS) is 18.4. The van der Waals surface area contributed by atoms with Gasteiger partial charge in [-0.05, 0) is 31.3 Å². The van der Waals surface area contributed by atoms with E-state index in [9.17, 15) is 4.79 Å². The van der Waals surface area contributed by atoms with Crippen LogP contribution in [0.15, 0.2) is 0 Å². The minimum atomic E-state index is 0.605. The van der Waals surface area contributed by atoms with Gasteiger partial charge in [-0.2, -0.15) is 11.8 Å². The minimum Gasteiger partial charge on any atom is -0.297 e. The summed E-state index contributed by atoms with van der Waals surface area (Å²) >= 11 is 3.59. The second-order valence-corrected chi connectivity index (χ2v) is 5.79. The smallest absolute Gasteiger partial charge is 0.161 e. The van der Waals surface area contributed by atoms with E-state index in [4.69, 9.17) is 0 Å². The number of aldehydes is 1. The molecule has 0 saturated carbocycles. The second-order valence-electron chi connectivity index (χ2n) is 3.51. The molecule has 0 bridgehead atoms. The first-order valence-electron chi connectivity index (χ1n) is 4.81. The van der Waals surface area contributed by atoms with Crippen molar-refractivity contribution in [3.63, 3.8) is 0 Å². The van der Waals surface area contributed by atoms with Gasteiger partial charge in [0.05, 0.1) is 15.6 Å². The van der Waals surface area contributed by atoms with Crippen LogP contribution in [0.1, 0.15) is 39.1 Å². The van der Waals surface area contributed by atoms with E-state index >= 15 is 0 Å². The first-order chi connectivity index (χ1) is 6.81. The zero-order valence-corrected chi connectivity index (χ0v) is 9.79. The SMILES string of the molecule is Cc1nc(C2CCSCC2)sc1C=O. The fraction of sp³-hybridized carbons (Fsp3) is 0.600. The summed E-state index contributed by atoms with van der Waals surface area (Å²) in [6, 6.07) is 0. The molecule has 1 saturated heterocycles. The van der Waals surface area contributed by atoms with Crippen molar-refractivity contribution in [2.45, 2.75) is 25.7 Å². The molecule has 0 aromatic carbocycles. The maximum atomic E-state index is 10.7. The highest BCUT2D eigenvalue weighted by Gasteiger charge is 2.20. The van der Waals surface area contributed by atoms with E-state index in [0.29, 0.717) is 5.92 Å². The van der Waals surface area contributed by atoms with Crippen LogP contribution in [0.4, 0.5) is 0 Å². The Kier molecular flexibility index (Phi) is 3.23. The molecule has 1 aliphatic rings. The minimum absolute atomic E-state index is 0.605. The monoisotopic (exact) mass is 227 g/mol. The van der Waals surface area contributed by atoms with Gasteiger partial charge in [0.2, 0.25) is 0 Å². The lowest BCUT2D eigenvalue weighted by atomic mass is 10.0. The van der Waals surface area contributed by atoms with Gasteiger partial charge in [0.25, 0.3) is 0 Å². The number of nitrogens with zero attached hydrogens (tertiary/aromatic N) is 1. The Bertz CT molecular complexity index is 329. The number of rotatable bonds is 2. The van der Waals surface area contributed by atoms with E-state index < -0.39 is 0 Å². The number of carbonyl (C=O) groups is 1. The van der Waals surface area contributed by atoms with Crippen LogP contribution < -0.4 is 0 Å². The average Bonchev–Trinajstić information content (AvgIpc) is 2.61. The third-order valence-electron chi connectivity index (χ3n) is 2.53. The fourth-order valence-corrected chi connectivity index (χ4v) is 3.82. The summed E-state index contributed by atoms with van der Waals surface area (Å²) in [5, 5.41) is 1.17. The van der Waals surface area contributed by atoms with Gasteiger partial charge in [-0.3, -0.25) is 4.79 Å². The quantitative estimate of drug-likeness (QED) is 0.728. The number of carbonyl (C=O) groups excluding carboxylic acids is 1. The number of aromatic nitrogens is 1. The molecule has 0 spiro atoms. The molecule has 0 aliphatic carbocycles. The lowest BCUT2D eigenvalue weighted by Gasteiger charge is -2.18. The van der Waals surface area contributed by atoms with Crippen LogP contribution in [-0.4, -0.2) is 22.8 Å². The summed E-state index contributed by atoms with van der Waals surface area (Å²) in [7, 11) is 0. The van der Waals surface area contributed by atoms with E-state index in [2.05, 4.69) is 4.98 Å². The molecule has 0 atom stereocenters. The average molecular weight is 227 g/mol. The molecule has 1 aromatic rings. The van der Waals surface area contributed by atoms with Gasteiger partial charge in [0, 0.05) is 5.92 Å². The molecular formula is C10H13NOS2. The van der Waals surface area contributed by atoms with Gasteiger partial charge < -0.3 is 0 Å². The molecule has 76 valence electrons. The van der Waals surface area contributed by atoms with Crippen molar-refractivity contribution >= 4 is 29.4 Å². The molecule has 1 aliphatic heterocycles. The van der Waals surface area contributed by atoms with Gasteiger partial charge in [-0.15, -0.1) is 11.3 Å². The topological polar surface area (TPSA) is 30.0 Å². The molecular weight excluding hydrogens is 214 g/mol. The first kappa shape index (κ1) is 10.2. The number of thioether (sulfide) groups is 1. The van der Waals surface area contributed by atoms with E-state index in [0.717, 1.165) is 16.9 Å². The summed E-state index contributed by atoms with van der Waals surface area (Å²) in [5.74, 6) is 3.08. The molecule has 1 aromatic heterocycles. The molecule has 0 N–H and O–H groups in total. The van der Waals surface area contributed by atoms with Gasteiger partial charge >= 0.3 is 0 Å². The van der Waals surface area contributed by atoms with Gasteiger partial charge in [-0.1, -0.05) is 0 Å². The summed E-state index contributed by atoms with van der Waals surface area (Å²) in [4.78, 5) is 16.0. The van der Waals surface area contributed by atoms with Crippen molar-refractivity contribution in [3.8, 4) is 0 Å². The Morgan fingerprint density at radius 1 is 1.43 bits per heavy atom. The Morgan fingerprint density at radius 2 is 2.14 bits per heavy atom. The van der Waals surface area contributed by atoms with Crippen molar-refractivity contribution in [3.05, 3.63) is 15.6 Å². The second kappa shape index (κ2) is 4.45. The predicted octanol–water partition coefficient (Wildman–Crippen LogP) is 2.87. The van der Waals surface area contributed by atoms with E-state index in [1.807, 2.05) is 18.7 Å². The standard InChI is InChI=1S/C10H13NOS2/c1-7-9(6-12)14-10(11-7)8-2-4-13-5-3-8/h6,8H,2-5H2,1H3. The Labute approximate surface area is 92.1 Å². The highest BCUT2D eigenvalue weighted by atomic mass is 32.2. The maximum Gasteiger partial charge on any atom is 0.161 e. The zero-order valence-electron chi connectivity index (χ0n) is 8.16. The molecule has 2 heterocycles. The molecule has 0 radical (unpaired) electrons. The fourth-order valence-electron chi connectivity index (χ4n) is 1.66. The van der Waals surface area contributed by atoms with Crippen molar-refractivity contribution in [1.29, 1.82) is 0 Å². The molecule has 1 fully saturated rings. The molecule has 0 unspecified atom stereocenters.